The Morgan fingerprint density at radius 1 is 1.26 bits per heavy atom. The number of carbonyl (C=O) groups excluding carboxylic acids is 2. The van der Waals surface area contributed by atoms with Crippen LogP contribution in [0.2, 0.25) is 0 Å². The first-order valence-electron chi connectivity index (χ1n) is 7.58. The second kappa shape index (κ2) is 6.22. The monoisotopic (exact) mass is 310 g/mol. The number of carbonyl (C=O) groups is 2. The van der Waals surface area contributed by atoms with Gasteiger partial charge in [-0.1, -0.05) is 36.4 Å². The van der Waals surface area contributed by atoms with Crippen LogP contribution < -0.4 is 10.6 Å². The predicted molar refractivity (Wildman–Crippen MR) is 87.2 cm³/mol. The standard InChI is InChI=1S/C18H18N2O3/c1-2-19-17(22)12-8-9-13-14(10-12)20-18(23)15(13)16(21)11-6-4-3-5-7-11/h3-10,15-16,21H,2H2,1H3,(H,19,22)(H,20,23). The fourth-order valence-electron chi connectivity index (χ4n) is 2.85. The molecule has 2 amide bonds. The van der Waals surface area contributed by atoms with Crippen molar-refractivity contribution < 1.29 is 14.7 Å². The molecular formula is C18H18N2O3. The molecule has 0 fully saturated rings. The van der Waals surface area contributed by atoms with E-state index in [1.807, 2.05) is 25.1 Å². The van der Waals surface area contributed by atoms with Crippen LogP contribution in [0, 0.1) is 0 Å². The van der Waals surface area contributed by atoms with E-state index < -0.39 is 12.0 Å². The van der Waals surface area contributed by atoms with Crippen molar-refractivity contribution in [3.63, 3.8) is 0 Å². The highest BCUT2D eigenvalue weighted by Gasteiger charge is 2.37. The molecule has 3 N–H and O–H groups in total. The van der Waals surface area contributed by atoms with E-state index in [1.54, 1.807) is 30.3 Å². The SMILES string of the molecule is CCNC(=O)c1ccc2c(c1)NC(=O)C2C(O)c1ccccc1. The summed E-state index contributed by atoms with van der Waals surface area (Å²) in [5.41, 5.74) is 2.46. The quantitative estimate of drug-likeness (QED) is 0.810. The average Bonchev–Trinajstić information content (AvgIpc) is 2.90. The van der Waals surface area contributed by atoms with Crippen molar-refractivity contribution in [2.75, 3.05) is 11.9 Å². The Bertz CT molecular complexity index is 743. The molecule has 0 saturated heterocycles. The van der Waals surface area contributed by atoms with Gasteiger partial charge in [0.05, 0.1) is 12.0 Å². The maximum atomic E-state index is 12.3. The minimum absolute atomic E-state index is 0.184. The fourth-order valence-corrected chi connectivity index (χ4v) is 2.85. The van der Waals surface area contributed by atoms with Gasteiger partial charge in [-0.3, -0.25) is 9.59 Å². The van der Waals surface area contributed by atoms with Crippen molar-refractivity contribution in [2.45, 2.75) is 18.9 Å². The van der Waals surface area contributed by atoms with Crippen LogP contribution in [0.15, 0.2) is 48.5 Å². The highest BCUT2D eigenvalue weighted by molar-refractivity contribution is 6.05. The molecule has 0 bridgehead atoms. The molecule has 5 nitrogen and oxygen atoms in total. The Labute approximate surface area is 134 Å². The number of anilines is 1. The zero-order valence-corrected chi connectivity index (χ0v) is 12.7. The van der Waals surface area contributed by atoms with E-state index in [0.29, 0.717) is 28.9 Å². The van der Waals surface area contributed by atoms with Crippen molar-refractivity contribution in [2.24, 2.45) is 0 Å². The molecule has 3 rings (SSSR count). The molecule has 0 spiro atoms. The van der Waals surface area contributed by atoms with E-state index in [2.05, 4.69) is 10.6 Å². The van der Waals surface area contributed by atoms with Crippen LogP contribution in [0.3, 0.4) is 0 Å². The summed E-state index contributed by atoms with van der Waals surface area (Å²) >= 11 is 0. The third kappa shape index (κ3) is 2.83. The lowest BCUT2D eigenvalue weighted by atomic mass is 9.90. The van der Waals surface area contributed by atoms with Gasteiger partial charge in [-0.25, -0.2) is 0 Å². The lowest BCUT2D eigenvalue weighted by Gasteiger charge is -2.17. The minimum Gasteiger partial charge on any atom is -0.387 e. The molecule has 0 saturated carbocycles. The number of aliphatic hydroxyl groups excluding tert-OH is 1. The number of fused-ring (bicyclic) bond motifs is 1. The van der Waals surface area contributed by atoms with E-state index in [9.17, 15) is 14.7 Å². The van der Waals surface area contributed by atoms with Crippen LogP contribution in [0.5, 0.6) is 0 Å². The highest BCUT2D eigenvalue weighted by Crippen LogP contribution is 2.40. The van der Waals surface area contributed by atoms with Crippen molar-refractivity contribution in [3.05, 3.63) is 65.2 Å². The molecule has 2 aromatic carbocycles. The molecule has 0 aliphatic carbocycles. The van der Waals surface area contributed by atoms with Gasteiger partial charge in [0.25, 0.3) is 5.91 Å². The summed E-state index contributed by atoms with van der Waals surface area (Å²) < 4.78 is 0. The predicted octanol–water partition coefficient (Wildman–Crippen LogP) is 2.21. The summed E-state index contributed by atoms with van der Waals surface area (Å²) in [5, 5.41) is 16.0. The third-order valence-corrected chi connectivity index (χ3v) is 3.99. The van der Waals surface area contributed by atoms with Crippen LogP contribution in [0.4, 0.5) is 5.69 Å². The molecule has 23 heavy (non-hydrogen) atoms. The third-order valence-electron chi connectivity index (χ3n) is 3.99. The molecule has 1 heterocycles. The highest BCUT2D eigenvalue weighted by atomic mass is 16.3. The van der Waals surface area contributed by atoms with Crippen molar-refractivity contribution in [1.29, 1.82) is 0 Å². The van der Waals surface area contributed by atoms with Crippen LogP contribution in [0.1, 0.15) is 40.4 Å². The fraction of sp³-hybridized carbons (Fsp3) is 0.222. The topological polar surface area (TPSA) is 78.4 Å². The molecule has 2 unspecified atom stereocenters. The lowest BCUT2D eigenvalue weighted by molar-refractivity contribution is -0.119. The van der Waals surface area contributed by atoms with E-state index >= 15 is 0 Å². The first-order valence-corrected chi connectivity index (χ1v) is 7.58. The first-order chi connectivity index (χ1) is 11.1. The summed E-state index contributed by atoms with van der Waals surface area (Å²) in [4.78, 5) is 24.2. The second-order valence-electron chi connectivity index (χ2n) is 5.48. The molecular weight excluding hydrogens is 292 g/mol. The normalized spacial score (nSPS) is 17.3. The van der Waals surface area contributed by atoms with Gasteiger partial charge < -0.3 is 15.7 Å². The van der Waals surface area contributed by atoms with Gasteiger partial charge in [0, 0.05) is 17.8 Å². The number of hydrogen-bond donors (Lipinski definition) is 3. The van der Waals surface area contributed by atoms with Crippen molar-refractivity contribution in [1.82, 2.24) is 5.32 Å². The summed E-state index contributed by atoms with van der Waals surface area (Å²) in [6, 6.07) is 14.1. The van der Waals surface area contributed by atoms with E-state index in [1.165, 1.54) is 0 Å². The largest absolute Gasteiger partial charge is 0.387 e. The Morgan fingerprint density at radius 2 is 2.00 bits per heavy atom. The first kappa shape index (κ1) is 15.2. The van der Waals surface area contributed by atoms with E-state index in [4.69, 9.17) is 0 Å². The molecule has 0 aromatic heterocycles. The molecule has 1 aliphatic rings. The molecule has 0 radical (unpaired) electrons. The van der Waals surface area contributed by atoms with Crippen LogP contribution in [-0.2, 0) is 4.79 Å². The van der Waals surface area contributed by atoms with Gasteiger partial charge in [0.2, 0.25) is 5.91 Å². The number of hydrogen-bond acceptors (Lipinski definition) is 3. The summed E-state index contributed by atoms with van der Waals surface area (Å²) in [5.74, 6) is -1.11. The minimum atomic E-state index is -0.923. The summed E-state index contributed by atoms with van der Waals surface area (Å²) in [7, 11) is 0. The van der Waals surface area contributed by atoms with Crippen molar-refractivity contribution in [3.8, 4) is 0 Å². The van der Waals surface area contributed by atoms with Gasteiger partial charge in [0.1, 0.15) is 0 Å². The van der Waals surface area contributed by atoms with Crippen LogP contribution in [-0.4, -0.2) is 23.5 Å². The number of rotatable bonds is 4. The van der Waals surface area contributed by atoms with Gasteiger partial charge in [-0.05, 0) is 30.2 Å². The van der Waals surface area contributed by atoms with Gasteiger partial charge in [-0.2, -0.15) is 0 Å². The van der Waals surface area contributed by atoms with Gasteiger partial charge in [-0.15, -0.1) is 0 Å². The van der Waals surface area contributed by atoms with Crippen molar-refractivity contribution >= 4 is 17.5 Å². The maximum Gasteiger partial charge on any atom is 0.251 e. The average molecular weight is 310 g/mol. The zero-order chi connectivity index (χ0) is 16.4. The number of benzene rings is 2. The van der Waals surface area contributed by atoms with Crippen LogP contribution in [0.25, 0.3) is 0 Å². The summed E-state index contributed by atoms with van der Waals surface area (Å²) in [6.07, 6.45) is -0.923. The second-order valence-corrected chi connectivity index (χ2v) is 5.48. The molecule has 118 valence electrons. The van der Waals surface area contributed by atoms with Gasteiger partial charge in [0.15, 0.2) is 0 Å². The van der Waals surface area contributed by atoms with E-state index in [0.717, 1.165) is 0 Å². The molecule has 2 aromatic rings. The van der Waals surface area contributed by atoms with Gasteiger partial charge >= 0.3 is 0 Å². The Hall–Kier alpha value is -2.66. The molecule has 1 aliphatic heterocycles. The number of nitrogens with one attached hydrogen (secondary N) is 2. The Morgan fingerprint density at radius 3 is 2.70 bits per heavy atom. The molecule has 2 atom stereocenters. The lowest BCUT2D eigenvalue weighted by Crippen LogP contribution is -2.22. The smallest absolute Gasteiger partial charge is 0.251 e. The summed E-state index contributed by atoms with van der Waals surface area (Å²) in [6.45, 7) is 2.39. The number of amides is 2. The zero-order valence-electron chi connectivity index (χ0n) is 12.7. The molecule has 5 heteroatoms. The Balaban J connectivity index is 1.92. The number of aliphatic hydroxyl groups is 1. The van der Waals surface area contributed by atoms with Crippen LogP contribution >= 0.6 is 0 Å². The van der Waals surface area contributed by atoms with E-state index in [-0.39, 0.29) is 11.8 Å². The Kier molecular flexibility index (Phi) is 4.12. The maximum absolute atomic E-state index is 12.3.